The van der Waals surface area contributed by atoms with Gasteiger partial charge in [0.2, 0.25) is 0 Å². The number of ether oxygens (including phenoxy) is 2. The second-order valence-electron chi connectivity index (χ2n) is 9.13. The summed E-state index contributed by atoms with van der Waals surface area (Å²) in [5.74, 6) is 1.11. The van der Waals surface area contributed by atoms with E-state index in [0.29, 0.717) is 69.9 Å². The van der Waals surface area contributed by atoms with Gasteiger partial charge in [0.1, 0.15) is 17.3 Å². The van der Waals surface area contributed by atoms with E-state index in [1.54, 1.807) is 61.1 Å². The van der Waals surface area contributed by atoms with Crippen molar-refractivity contribution in [2.45, 2.75) is 32.7 Å². The van der Waals surface area contributed by atoms with Crippen LogP contribution >= 0.6 is 50.5 Å². The predicted molar refractivity (Wildman–Crippen MR) is 164 cm³/mol. The molecule has 1 aliphatic rings. The van der Waals surface area contributed by atoms with Gasteiger partial charge in [-0.15, -0.1) is 0 Å². The highest BCUT2D eigenvalue weighted by atomic mass is 79.9. The summed E-state index contributed by atoms with van der Waals surface area (Å²) in [4.78, 5) is 32.6. The summed E-state index contributed by atoms with van der Waals surface area (Å²) in [6, 6.07) is 13.4. The van der Waals surface area contributed by atoms with Gasteiger partial charge in [-0.2, -0.15) is 0 Å². The Balaban J connectivity index is 1.69. The lowest BCUT2D eigenvalue weighted by Crippen LogP contribution is -2.40. The highest BCUT2D eigenvalue weighted by molar-refractivity contribution is 9.10. The van der Waals surface area contributed by atoms with Crippen molar-refractivity contribution in [1.82, 2.24) is 4.57 Å². The molecule has 3 heterocycles. The molecule has 0 aliphatic carbocycles. The van der Waals surface area contributed by atoms with Crippen LogP contribution < -0.4 is 19.6 Å². The molecule has 0 bridgehead atoms. The number of hydrogen-bond donors (Lipinski definition) is 0. The lowest BCUT2D eigenvalue weighted by Gasteiger charge is -2.26. The fourth-order valence-electron chi connectivity index (χ4n) is 4.68. The number of furan rings is 1. The molecule has 0 spiro atoms. The van der Waals surface area contributed by atoms with Crippen molar-refractivity contribution in [2.75, 3.05) is 13.7 Å². The molecule has 7 nitrogen and oxygen atoms in total. The largest absolute Gasteiger partial charge is 0.496 e. The molecule has 0 amide bonds. The SMILES string of the molecule is CCCC1=C(C(=O)OCC)C(c2ccc(OC)c(Br)c2)n2c(s/c(=C\c3ccc(-c4cc(Cl)ccc4Cl)o3)c2=O)=N1. The van der Waals surface area contributed by atoms with E-state index in [1.807, 2.05) is 19.1 Å². The minimum atomic E-state index is -0.742. The van der Waals surface area contributed by atoms with Gasteiger partial charge in [0, 0.05) is 16.7 Å². The Bertz CT molecular complexity index is 1860. The number of rotatable bonds is 8. The highest BCUT2D eigenvalue weighted by Gasteiger charge is 2.34. The van der Waals surface area contributed by atoms with Crippen molar-refractivity contribution >= 4 is 62.5 Å². The smallest absolute Gasteiger partial charge is 0.338 e. The molecule has 0 radical (unpaired) electrons. The molecule has 41 heavy (non-hydrogen) atoms. The molecule has 5 rings (SSSR count). The molecule has 212 valence electrons. The van der Waals surface area contributed by atoms with Crippen LogP contribution in [0.25, 0.3) is 17.4 Å². The maximum atomic E-state index is 14.0. The molecule has 1 unspecified atom stereocenters. The van der Waals surface area contributed by atoms with Gasteiger partial charge in [-0.1, -0.05) is 53.9 Å². The zero-order chi connectivity index (χ0) is 29.3. The Morgan fingerprint density at radius 2 is 1.98 bits per heavy atom. The van der Waals surface area contributed by atoms with Gasteiger partial charge in [-0.05, 0) is 77.3 Å². The van der Waals surface area contributed by atoms with Crippen LogP contribution in [0.3, 0.4) is 0 Å². The molecule has 2 aromatic heterocycles. The number of allylic oxidation sites excluding steroid dienone is 1. The number of aromatic nitrogens is 1. The quantitative estimate of drug-likeness (QED) is 0.190. The van der Waals surface area contributed by atoms with E-state index in [-0.39, 0.29) is 12.2 Å². The minimum Gasteiger partial charge on any atom is -0.496 e. The number of thiazole rings is 1. The van der Waals surface area contributed by atoms with Crippen LogP contribution in [0.5, 0.6) is 5.75 Å². The van der Waals surface area contributed by atoms with Gasteiger partial charge in [0.25, 0.3) is 5.56 Å². The minimum absolute atomic E-state index is 0.197. The van der Waals surface area contributed by atoms with Crippen LogP contribution in [0.1, 0.15) is 44.1 Å². The summed E-state index contributed by atoms with van der Waals surface area (Å²) in [5, 5.41) is 1.02. The summed E-state index contributed by atoms with van der Waals surface area (Å²) >= 11 is 17.3. The number of benzene rings is 2. The van der Waals surface area contributed by atoms with E-state index < -0.39 is 12.0 Å². The first-order chi connectivity index (χ1) is 19.7. The monoisotopic (exact) mass is 674 g/mol. The van der Waals surface area contributed by atoms with Crippen LogP contribution in [0.15, 0.2) is 78.5 Å². The summed E-state index contributed by atoms with van der Waals surface area (Å²) in [6.45, 7) is 3.96. The molecule has 1 aliphatic heterocycles. The van der Waals surface area contributed by atoms with E-state index in [0.717, 1.165) is 6.42 Å². The molecule has 0 saturated heterocycles. The third-order valence-corrected chi connectivity index (χ3v) is 8.65. The Morgan fingerprint density at radius 1 is 1.17 bits per heavy atom. The molecule has 0 N–H and O–H groups in total. The van der Waals surface area contributed by atoms with Crippen LogP contribution in [-0.2, 0) is 9.53 Å². The zero-order valence-electron chi connectivity index (χ0n) is 22.4. The first kappa shape index (κ1) is 29.4. The average molecular weight is 676 g/mol. The number of esters is 1. The van der Waals surface area contributed by atoms with E-state index in [2.05, 4.69) is 15.9 Å². The van der Waals surface area contributed by atoms with Gasteiger partial charge in [-0.25, -0.2) is 9.79 Å². The third kappa shape index (κ3) is 5.81. The summed E-state index contributed by atoms with van der Waals surface area (Å²) in [5.41, 5.74) is 2.01. The van der Waals surface area contributed by atoms with Crippen LogP contribution in [-0.4, -0.2) is 24.3 Å². The fourth-order valence-corrected chi connectivity index (χ4v) is 6.62. The summed E-state index contributed by atoms with van der Waals surface area (Å²) in [6.07, 6.45) is 2.98. The van der Waals surface area contributed by atoms with Gasteiger partial charge in [0.05, 0.1) is 45.1 Å². The number of fused-ring (bicyclic) bond motifs is 1. The molecular formula is C30H25BrCl2N2O5S. The highest BCUT2D eigenvalue weighted by Crippen LogP contribution is 2.36. The summed E-state index contributed by atoms with van der Waals surface area (Å²) < 4.78 is 19.5. The Kier molecular flexibility index (Phi) is 8.89. The van der Waals surface area contributed by atoms with E-state index >= 15 is 0 Å². The first-order valence-corrected chi connectivity index (χ1v) is 15.2. The van der Waals surface area contributed by atoms with Crippen molar-refractivity contribution in [3.63, 3.8) is 0 Å². The average Bonchev–Trinajstić information content (AvgIpc) is 3.53. The predicted octanol–water partition coefficient (Wildman–Crippen LogP) is 6.92. The van der Waals surface area contributed by atoms with Crippen molar-refractivity contribution < 1.29 is 18.7 Å². The fraction of sp³-hybridized carbons (Fsp3) is 0.233. The number of hydrogen-bond acceptors (Lipinski definition) is 7. The standard InChI is InChI=1S/C30H25BrCl2N2O5S/c1-4-6-22-26(29(37)39-5-2)27(16-7-11-24(38-3)20(31)13-16)35-28(36)25(41-30(35)34-22)15-18-9-12-23(40-18)19-14-17(32)8-10-21(19)33/h7-15,27H,4-6H2,1-3H3/b25-15-. The molecule has 4 aromatic rings. The second kappa shape index (κ2) is 12.4. The number of nitrogens with zero attached hydrogens (tertiary/aromatic N) is 2. The van der Waals surface area contributed by atoms with Gasteiger partial charge in [-0.3, -0.25) is 9.36 Å². The van der Waals surface area contributed by atoms with Crippen molar-refractivity contribution in [2.24, 2.45) is 4.99 Å². The lowest BCUT2D eigenvalue weighted by molar-refractivity contribution is -0.139. The molecule has 11 heteroatoms. The Morgan fingerprint density at radius 3 is 2.68 bits per heavy atom. The van der Waals surface area contributed by atoms with Crippen LogP contribution in [0.2, 0.25) is 10.0 Å². The first-order valence-electron chi connectivity index (χ1n) is 12.9. The molecular weight excluding hydrogens is 651 g/mol. The van der Waals surface area contributed by atoms with E-state index in [4.69, 9.17) is 42.1 Å². The van der Waals surface area contributed by atoms with E-state index in [1.165, 1.54) is 11.3 Å². The maximum absolute atomic E-state index is 14.0. The van der Waals surface area contributed by atoms with Gasteiger partial charge < -0.3 is 13.9 Å². The van der Waals surface area contributed by atoms with Crippen molar-refractivity contribution in [1.29, 1.82) is 0 Å². The lowest BCUT2D eigenvalue weighted by atomic mass is 9.94. The molecule has 1 atom stereocenters. The Labute approximate surface area is 258 Å². The van der Waals surface area contributed by atoms with Crippen LogP contribution in [0, 0.1) is 0 Å². The summed E-state index contributed by atoms with van der Waals surface area (Å²) in [7, 11) is 1.58. The zero-order valence-corrected chi connectivity index (χ0v) is 26.3. The normalized spacial score (nSPS) is 15.1. The number of carbonyl (C=O) groups is 1. The van der Waals surface area contributed by atoms with Crippen molar-refractivity contribution in [3.05, 3.63) is 105 Å². The van der Waals surface area contributed by atoms with Crippen molar-refractivity contribution in [3.8, 4) is 17.1 Å². The van der Waals surface area contributed by atoms with Crippen LogP contribution in [0.4, 0.5) is 0 Å². The van der Waals surface area contributed by atoms with Gasteiger partial charge in [0.15, 0.2) is 4.80 Å². The van der Waals surface area contributed by atoms with Gasteiger partial charge >= 0.3 is 5.97 Å². The number of halogens is 3. The third-order valence-electron chi connectivity index (χ3n) is 6.48. The molecule has 0 fully saturated rings. The topological polar surface area (TPSA) is 83.0 Å². The second-order valence-corrected chi connectivity index (χ2v) is 11.8. The maximum Gasteiger partial charge on any atom is 0.338 e. The molecule has 2 aromatic carbocycles. The molecule has 0 saturated carbocycles. The number of carbonyl (C=O) groups excluding carboxylic acids is 1. The Hall–Kier alpha value is -3.11. The van der Waals surface area contributed by atoms with E-state index in [9.17, 15) is 9.59 Å². The number of methoxy groups -OCH3 is 1.